The number of thiocarbonyl (C=S) groups is 1. The number of amides is 2. The summed E-state index contributed by atoms with van der Waals surface area (Å²) >= 11 is 5.26. The zero-order valence-electron chi connectivity index (χ0n) is 32.8. The fourth-order valence-corrected chi connectivity index (χ4v) is 9.34. The molecular formula is C42H49N5O8S2. The van der Waals surface area contributed by atoms with Crippen LogP contribution in [0.4, 0.5) is 0 Å². The van der Waals surface area contributed by atoms with Crippen molar-refractivity contribution in [2.45, 2.75) is 96.6 Å². The summed E-state index contributed by atoms with van der Waals surface area (Å²) in [5.74, 6) is -1.29. The maximum absolute atomic E-state index is 14.6. The molecule has 2 amide bonds. The van der Waals surface area contributed by atoms with Crippen molar-refractivity contribution in [3.05, 3.63) is 61.2 Å². The van der Waals surface area contributed by atoms with Gasteiger partial charge in [0.1, 0.15) is 23.0 Å². The lowest BCUT2D eigenvalue weighted by Gasteiger charge is -2.35. The minimum Gasteiger partial charge on any atom is -0.491 e. The highest BCUT2D eigenvalue weighted by molar-refractivity contribution is 7.91. The van der Waals surface area contributed by atoms with Crippen LogP contribution in [0.5, 0.6) is 11.6 Å². The normalized spacial score (nSPS) is 22.7. The molecule has 4 aromatic rings. The van der Waals surface area contributed by atoms with Gasteiger partial charge in [-0.15, -0.1) is 6.58 Å². The number of nitrogens with one attached hydrogen (secondary N) is 1. The lowest BCUT2D eigenvalue weighted by atomic mass is 9.77. The molecule has 2 aromatic heterocycles. The number of ketones is 1. The SMILES string of the molecule is C=C[C@@H]1C[C@]1(CC(=O)[C@@H]1C[C@@H](Oc2nc(-c3ccc(OC(C)C)cc3)nc3c2oc2ccccc23)CN1C(=O)[C@@H](CC(N)=S)C(C)(C)C)C(=O)NS(=O)(=O)C1CC1. The third-order valence-electron chi connectivity index (χ3n) is 11.2. The molecule has 0 bridgehead atoms. The van der Waals surface area contributed by atoms with Crippen molar-refractivity contribution < 1.29 is 36.7 Å². The second-order valence-corrected chi connectivity index (χ2v) is 19.4. The first-order valence-electron chi connectivity index (χ1n) is 19.3. The lowest BCUT2D eigenvalue weighted by molar-refractivity contribution is -0.144. The fraction of sp³-hybridized carbons (Fsp3) is 0.476. The van der Waals surface area contributed by atoms with Gasteiger partial charge in [0.05, 0.1) is 34.3 Å². The number of para-hydroxylation sites is 1. The molecule has 0 unspecified atom stereocenters. The van der Waals surface area contributed by atoms with Crippen molar-refractivity contribution in [2.24, 2.45) is 28.4 Å². The average Bonchev–Trinajstić information content (AvgIpc) is 4.05. The standard InChI is InChI=1S/C42H49N5O8S2/c1-7-25-20-42(25,40(50)46-57(51,52)28-16-17-28)21-32(48)31-18-27(22-47(31)39(49)30(19-34(43)56)41(4,5)6)54-38-36-35(29-10-8-9-11-33(29)55-36)44-37(45-38)24-12-14-26(15-13-24)53-23(2)3/h7-15,23,25,27-28,30-31H,1,16-22H2,2-6H3,(H2,43,56)(H,46,50)/t25-,27-,30-,31+,42-/m1/s1. The molecule has 0 radical (unpaired) electrons. The molecule has 13 nitrogen and oxygen atoms in total. The number of carbonyl (C=O) groups is 3. The number of likely N-dealkylation sites (tertiary alicyclic amines) is 1. The highest BCUT2D eigenvalue weighted by atomic mass is 32.2. The monoisotopic (exact) mass is 815 g/mol. The van der Waals surface area contributed by atoms with Gasteiger partial charge in [-0.25, -0.2) is 13.4 Å². The summed E-state index contributed by atoms with van der Waals surface area (Å²) in [4.78, 5) is 54.1. The number of allylic oxidation sites excluding steroid dienone is 1. The third-order valence-corrected chi connectivity index (χ3v) is 13.2. The van der Waals surface area contributed by atoms with E-state index >= 15 is 0 Å². The largest absolute Gasteiger partial charge is 0.491 e. The number of nitrogens with zero attached hydrogens (tertiary/aromatic N) is 3. The van der Waals surface area contributed by atoms with Crippen LogP contribution in [0, 0.1) is 22.7 Å². The van der Waals surface area contributed by atoms with Crippen LogP contribution in [0.1, 0.15) is 73.1 Å². The highest BCUT2D eigenvalue weighted by Gasteiger charge is 2.61. The smallest absolute Gasteiger partial charge is 0.262 e. The summed E-state index contributed by atoms with van der Waals surface area (Å²) in [5, 5.41) is 0.147. The molecule has 0 spiro atoms. The minimum absolute atomic E-state index is 0.00116. The first-order chi connectivity index (χ1) is 26.9. The Hall–Kier alpha value is -4.89. The number of carbonyl (C=O) groups excluding carboxylic acids is 3. The predicted octanol–water partition coefficient (Wildman–Crippen LogP) is 6.28. The Balaban J connectivity index is 1.23. The van der Waals surface area contributed by atoms with E-state index in [1.165, 1.54) is 4.90 Å². The van der Waals surface area contributed by atoms with Gasteiger partial charge in [0, 0.05) is 36.1 Å². The van der Waals surface area contributed by atoms with Crippen molar-refractivity contribution in [3.63, 3.8) is 0 Å². The van der Waals surface area contributed by atoms with Gasteiger partial charge < -0.3 is 24.5 Å². The van der Waals surface area contributed by atoms with Crippen molar-refractivity contribution in [1.82, 2.24) is 19.6 Å². The van der Waals surface area contributed by atoms with E-state index in [1.807, 2.05) is 83.1 Å². The Morgan fingerprint density at radius 1 is 1.12 bits per heavy atom. The van der Waals surface area contributed by atoms with E-state index in [2.05, 4.69) is 11.3 Å². The zero-order chi connectivity index (χ0) is 41.0. The van der Waals surface area contributed by atoms with Gasteiger partial charge in [-0.2, -0.15) is 4.98 Å². The minimum atomic E-state index is -3.86. The van der Waals surface area contributed by atoms with Gasteiger partial charge in [0.15, 0.2) is 11.6 Å². The molecule has 1 saturated heterocycles. The van der Waals surface area contributed by atoms with Crippen molar-refractivity contribution in [2.75, 3.05) is 6.54 Å². The molecule has 15 heteroatoms. The van der Waals surface area contributed by atoms with E-state index in [4.69, 9.17) is 41.8 Å². The van der Waals surface area contributed by atoms with Gasteiger partial charge in [-0.3, -0.25) is 19.1 Å². The molecule has 5 atom stereocenters. The van der Waals surface area contributed by atoms with Gasteiger partial charge in [-0.05, 0) is 80.8 Å². The summed E-state index contributed by atoms with van der Waals surface area (Å²) in [5.41, 5.74) is 6.26. The Bertz CT molecular complexity index is 2370. The third kappa shape index (κ3) is 8.27. The molecule has 57 heavy (non-hydrogen) atoms. The number of furan rings is 1. The molecule has 7 rings (SSSR count). The summed E-state index contributed by atoms with van der Waals surface area (Å²) in [6, 6.07) is 13.9. The van der Waals surface area contributed by atoms with E-state index in [0.29, 0.717) is 46.7 Å². The van der Waals surface area contributed by atoms with Gasteiger partial charge in [0.25, 0.3) is 5.88 Å². The number of Topliss-reactive ketones (excluding diaryl/α,β-unsaturated/α-hetero) is 1. The summed E-state index contributed by atoms with van der Waals surface area (Å²) in [7, 11) is -3.86. The second-order valence-electron chi connectivity index (χ2n) is 16.9. The highest BCUT2D eigenvalue weighted by Crippen LogP contribution is 2.57. The van der Waals surface area contributed by atoms with Crippen LogP contribution in [0.3, 0.4) is 0 Å². The molecule has 2 saturated carbocycles. The number of hydrogen-bond acceptors (Lipinski definition) is 11. The van der Waals surface area contributed by atoms with Crippen molar-refractivity contribution >= 4 is 66.9 Å². The number of nitrogens with two attached hydrogens (primary N) is 1. The summed E-state index contributed by atoms with van der Waals surface area (Å²) in [6.07, 6.45) is 1.99. The molecule has 2 aromatic carbocycles. The Morgan fingerprint density at radius 3 is 2.44 bits per heavy atom. The van der Waals surface area contributed by atoms with Crippen molar-refractivity contribution in [1.29, 1.82) is 0 Å². The van der Waals surface area contributed by atoms with E-state index in [9.17, 15) is 22.8 Å². The topological polar surface area (TPSA) is 184 Å². The quantitative estimate of drug-likeness (QED) is 0.101. The van der Waals surface area contributed by atoms with Crippen LogP contribution < -0.4 is 19.9 Å². The van der Waals surface area contributed by atoms with Crippen LogP contribution in [-0.2, 0) is 24.4 Å². The van der Waals surface area contributed by atoms with Gasteiger partial charge in [-0.1, -0.05) is 51.2 Å². The van der Waals surface area contributed by atoms with Crippen LogP contribution in [0.15, 0.2) is 65.6 Å². The number of benzene rings is 2. The Morgan fingerprint density at radius 2 is 1.82 bits per heavy atom. The van der Waals surface area contributed by atoms with Crippen LogP contribution in [-0.4, -0.2) is 75.9 Å². The van der Waals surface area contributed by atoms with E-state index in [0.717, 1.165) is 5.39 Å². The number of fused-ring (bicyclic) bond motifs is 3. The molecule has 302 valence electrons. The molecule has 3 heterocycles. The van der Waals surface area contributed by atoms with E-state index in [1.54, 1.807) is 6.08 Å². The summed E-state index contributed by atoms with van der Waals surface area (Å²) < 4.78 is 46.6. The molecule has 3 N–H and O–H groups in total. The second kappa shape index (κ2) is 15.1. The van der Waals surface area contributed by atoms with Gasteiger partial charge in [0.2, 0.25) is 27.4 Å². The fourth-order valence-electron chi connectivity index (χ4n) is 7.79. The molecule has 3 fully saturated rings. The van der Waals surface area contributed by atoms with E-state index < -0.39 is 56.0 Å². The Labute approximate surface area is 337 Å². The first-order valence-corrected chi connectivity index (χ1v) is 21.3. The van der Waals surface area contributed by atoms with Crippen LogP contribution >= 0.6 is 12.2 Å². The number of ether oxygens (including phenoxy) is 2. The lowest BCUT2D eigenvalue weighted by Crippen LogP contribution is -2.48. The summed E-state index contributed by atoms with van der Waals surface area (Å²) in [6.45, 7) is 13.5. The number of sulfonamides is 1. The molecule has 2 aliphatic carbocycles. The molecule has 3 aliphatic rings. The number of hydrogen-bond donors (Lipinski definition) is 2. The van der Waals surface area contributed by atoms with Gasteiger partial charge >= 0.3 is 0 Å². The maximum Gasteiger partial charge on any atom is 0.262 e. The van der Waals surface area contributed by atoms with E-state index in [-0.39, 0.29) is 60.9 Å². The molecule has 1 aliphatic heterocycles. The zero-order valence-corrected chi connectivity index (χ0v) is 34.5. The molecular weight excluding hydrogens is 767 g/mol. The van der Waals surface area contributed by atoms with Crippen LogP contribution in [0.2, 0.25) is 0 Å². The predicted molar refractivity (Wildman–Crippen MR) is 220 cm³/mol. The average molecular weight is 816 g/mol. The maximum atomic E-state index is 14.6. The first kappa shape index (κ1) is 40.3. The number of aromatic nitrogens is 2. The number of rotatable bonds is 15. The van der Waals surface area contributed by atoms with Crippen molar-refractivity contribution in [3.8, 4) is 23.0 Å². The Kier molecular flexibility index (Phi) is 10.7. The van der Waals surface area contributed by atoms with Crippen LogP contribution in [0.25, 0.3) is 33.5 Å².